The number of halogens is 1. The average molecular weight is 270 g/mol. The van der Waals surface area contributed by atoms with E-state index in [0.29, 0.717) is 12.5 Å². The largest absolute Gasteiger partial charge is 0.481 e. The van der Waals surface area contributed by atoms with Gasteiger partial charge in [-0.3, -0.25) is 9.69 Å². The molecule has 100 valence electrons. The summed E-state index contributed by atoms with van der Waals surface area (Å²) in [5.74, 6) is -0.535. The molecule has 0 aromatic heterocycles. The zero-order valence-corrected chi connectivity index (χ0v) is 11.4. The fourth-order valence-electron chi connectivity index (χ4n) is 2.62. The van der Waals surface area contributed by atoms with Crippen LogP contribution in [0.5, 0.6) is 0 Å². The van der Waals surface area contributed by atoms with Gasteiger partial charge in [0.15, 0.2) is 0 Å². The third-order valence-electron chi connectivity index (χ3n) is 3.61. The molecule has 0 amide bonds. The molecule has 0 radical (unpaired) electrons. The molecule has 1 saturated heterocycles. The Balaban J connectivity index is 0.00000162. The Kier molecular flexibility index (Phi) is 5.63. The van der Waals surface area contributed by atoms with Crippen molar-refractivity contribution in [1.82, 2.24) is 4.90 Å². The first-order valence-corrected chi connectivity index (χ1v) is 6.19. The highest BCUT2D eigenvalue weighted by atomic mass is 35.5. The van der Waals surface area contributed by atoms with Crippen LogP contribution in [0, 0.1) is 11.8 Å². The van der Waals surface area contributed by atoms with E-state index in [0.717, 1.165) is 19.5 Å². The zero-order chi connectivity index (χ0) is 12.3. The minimum absolute atomic E-state index is 0. The van der Waals surface area contributed by atoms with Crippen LogP contribution in [-0.2, 0) is 11.3 Å². The van der Waals surface area contributed by atoms with Gasteiger partial charge in [-0.05, 0) is 11.5 Å². The van der Waals surface area contributed by atoms with E-state index in [1.54, 1.807) is 0 Å². The summed E-state index contributed by atoms with van der Waals surface area (Å²) in [6, 6.07) is 10.2. The van der Waals surface area contributed by atoms with E-state index in [-0.39, 0.29) is 18.3 Å². The Labute approximate surface area is 114 Å². The molecule has 1 aromatic rings. The molecule has 1 aliphatic rings. The maximum Gasteiger partial charge on any atom is 0.308 e. The highest BCUT2D eigenvalue weighted by Crippen LogP contribution is 2.27. The molecule has 0 spiro atoms. The van der Waals surface area contributed by atoms with Gasteiger partial charge in [-0.25, -0.2) is 0 Å². The van der Waals surface area contributed by atoms with Crippen LogP contribution in [0.2, 0.25) is 0 Å². The number of benzene rings is 1. The summed E-state index contributed by atoms with van der Waals surface area (Å²) in [6.45, 7) is 4.53. The molecular weight excluding hydrogens is 250 g/mol. The molecule has 1 aliphatic heterocycles. The molecule has 18 heavy (non-hydrogen) atoms. The summed E-state index contributed by atoms with van der Waals surface area (Å²) in [7, 11) is 0. The lowest BCUT2D eigenvalue weighted by atomic mass is 9.94. The summed E-state index contributed by atoms with van der Waals surface area (Å²) in [6.07, 6.45) is 0.947. The van der Waals surface area contributed by atoms with Gasteiger partial charge in [-0.15, -0.1) is 12.4 Å². The smallest absolute Gasteiger partial charge is 0.308 e. The molecule has 4 heteroatoms. The molecular formula is C14H20ClNO2. The summed E-state index contributed by atoms with van der Waals surface area (Å²) in [5.41, 5.74) is 1.26. The number of rotatable bonds is 4. The number of carboxylic acids is 1. The number of hydrogen-bond donors (Lipinski definition) is 1. The number of carbonyl (C=O) groups is 1. The first-order chi connectivity index (χ1) is 8.20. The summed E-state index contributed by atoms with van der Waals surface area (Å²) in [4.78, 5) is 13.4. The monoisotopic (exact) mass is 269 g/mol. The molecule has 1 heterocycles. The van der Waals surface area contributed by atoms with Crippen LogP contribution >= 0.6 is 12.4 Å². The van der Waals surface area contributed by atoms with Crippen molar-refractivity contribution < 1.29 is 9.90 Å². The van der Waals surface area contributed by atoms with Crippen LogP contribution in [0.1, 0.15) is 18.9 Å². The molecule has 0 bridgehead atoms. The maximum atomic E-state index is 11.1. The normalized spacial score (nSPS) is 23.6. The van der Waals surface area contributed by atoms with Crippen LogP contribution < -0.4 is 0 Å². The Hall–Kier alpha value is -1.06. The second-order valence-corrected chi connectivity index (χ2v) is 4.79. The summed E-state index contributed by atoms with van der Waals surface area (Å²) >= 11 is 0. The molecule has 1 aromatic carbocycles. The van der Waals surface area contributed by atoms with Gasteiger partial charge in [0.25, 0.3) is 0 Å². The van der Waals surface area contributed by atoms with E-state index < -0.39 is 5.97 Å². The number of carboxylic acid groups (broad SMARTS) is 1. The van der Waals surface area contributed by atoms with Crippen molar-refractivity contribution in [2.75, 3.05) is 13.1 Å². The number of likely N-dealkylation sites (tertiary alicyclic amines) is 1. The quantitative estimate of drug-likeness (QED) is 0.914. The molecule has 0 saturated carbocycles. The molecule has 1 N–H and O–H groups in total. The second kappa shape index (κ2) is 6.76. The van der Waals surface area contributed by atoms with Crippen LogP contribution in [-0.4, -0.2) is 29.1 Å². The van der Waals surface area contributed by atoms with Crippen molar-refractivity contribution in [3.05, 3.63) is 35.9 Å². The van der Waals surface area contributed by atoms with Gasteiger partial charge in [-0.1, -0.05) is 43.7 Å². The van der Waals surface area contributed by atoms with Crippen LogP contribution in [0.4, 0.5) is 0 Å². The molecule has 1 fully saturated rings. The van der Waals surface area contributed by atoms with E-state index in [4.69, 9.17) is 0 Å². The average Bonchev–Trinajstić information content (AvgIpc) is 2.73. The van der Waals surface area contributed by atoms with Crippen molar-refractivity contribution in [2.24, 2.45) is 11.8 Å². The lowest BCUT2D eigenvalue weighted by Gasteiger charge is -2.15. The Morgan fingerprint density at radius 2 is 2.00 bits per heavy atom. The Morgan fingerprint density at radius 1 is 1.33 bits per heavy atom. The topological polar surface area (TPSA) is 40.5 Å². The minimum atomic E-state index is -0.646. The summed E-state index contributed by atoms with van der Waals surface area (Å²) < 4.78 is 0. The predicted molar refractivity (Wildman–Crippen MR) is 73.9 cm³/mol. The van der Waals surface area contributed by atoms with Crippen molar-refractivity contribution in [1.29, 1.82) is 0 Å². The van der Waals surface area contributed by atoms with Gasteiger partial charge >= 0.3 is 5.97 Å². The van der Waals surface area contributed by atoms with Gasteiger partial charge in [0.05, 0.1) is 5.92 Å². The SMILES string of the molecule is CCC1CN(Cc2ccccc2)CC1C(=O)O.Cl. The van der Waals surface area contributed by atoms with Crippen molar-refractivity contribution >= 4 is 18.4 Å². The van der Waals surface area contributed by atoms with E-state index in [2.05, 4.69) is 24.0 Å². The van der Waals surface area contributed by atoms with Gasteiger partial charge in [0.1, 0.15) is 0 Å². The van der Waals surface area contributed by atoms with Crippen molar-refractivity contribution in [2.45, 2.75) is 19.9 Å². The Bertz CT molecular complexity index is 383. The van der Waals surface area contributed by atoms with E-state index in [1.807, 2.05) is 18.2 Å². The predicted octanol–water partition coefficient (Wildman–Crippen LogP) is 2.65. The van der Waals surface area contributed by atoms with Crippen LogP contribution in [0.3, 0.4) is 0 Å². The lowest BCUT2D eigenvalue weighted by molar-refractivity contribution is -0.142. The number of hydrogen-bond acceptors (Lipinski definition) is 2. The fraction of sp³-hybridized carbons (Fsp3) is 0.500. The summed E-state index contributed by atoms with van der Waals surface area (Å²) in [5, 5.41) is 9.17. The third kappa shape index (κ3) is 3.47. The first kappa shape index (κ1) is 15.0. The minimum Gasteiger partial charge on any atom is -0.481 e. The zero-order valence-electron chi connectivity index (χ0n) is 10.6. The highest BCUT2D eigenvalue weighted by Gasteiger charge is 2.36. The molecule has 2 rings (SSSR count). The first-order valence-electron chi connectivity index (χ1n) is 6.19. The number of nitrogens with zero attached hydrogens (tertiary/aromatic N) is 1. The van der Waals surface area contributed by atoms with E-state index >= 15 is 0 Å². The lowest BCUT2D eigenvalue weighted by Crippen LogP contribution is -2.23. The van der Waals surface area contributed by atoms with Gasteiger partial charge in [-0.2, -0.15) is 0 Å². The van der Waals surface area contributed by atoms with Gasteiger partial charge in [0.2, 0.25) is 0 Å². The van der Waals surface area contributed by atoms with Crippen molar-refractivity contribution in [3.63, 3.8) is 0 Å². The van der Waals surface area contributed by atoms with E-state index in [9.17, 15) is 9.90 Å². The van der Waals surface area contributed by atoms with Crippen molar-refractivity contribution in [3.8, 4) is 0 Å². The second-order valence-electron chi connectivity index (χ2n) is 4.79. The maximum absolute atomic E-state index is 11.1. The van der Waals surface area contributed by atoms with Gasteiger partial charge in [0, 0.05) is 19.6 Å². The third-order valence-corrected chi connectivity index (χ3v) is 3.61. The fourth-order valence-corrected chi connectivity index (χ4v) is 2.62. The molecule has 2 unspecified atom stereocenters. The highest BCUT2D eigenvalue weighted by molar-refractivity contribution is 5.85. The van der Waals surface area contributed by atoms with Gasteiger partial charge < -0.3 is 5.11 Å². The molecule has 3 nitrogen and oxygen atoms in total. The standard InChI is InChI=1S/C14H19NO2.ClH/c1-2-12-9-15(10-13(12)14(16)17)8-11-6-4-3-5-7-11;/h3-7,12-13H,2,8-10H2,1H3,(H,16,17);1H. The number of aliphatic carboxylic acids is 1. The molecule has 0 aliphatic carbocycles. The molecule has 2 atom stereocenters. The van der Waals surface area contributed by atoms with Crippen LogP contribution in [0.15, 0.2) is 30.3 Å². The Morgan fingerprint density at radius 3 is 2.50 bits per heavy atom. The van der Waals surface area contributed by atoms with Crippen LogP contribution in [0.25, 0.3) is 0 Å². The van der Waals surface area contributed by atoms with E-state index in [1.165, 1.54) is 5.56 Å².